The molecular formula is C22H17N3O2S. The number of nitrogens with one attached hydrogen (secondary N) is 1. The average Bonchev–Trinajstić information content (AvgIpc) is 3.04. The highest BCUT2D eigenvalue weighted by molar-refractivity contribution is 7.07. The van der Waals surface area contributed by atoms with Gasteiger partial charge in [-0.1, -0.05) is 54.6 Å². The monoisotopic (exact) mass is 387 g/mol. The molecule has 28 heavy (non-hydrogen) atoms. The summed E-state index contributed by atoms with van der Waals surface area (Å²) in [6, 6.07) is 20.3. The fourth-order valence-electron chi connectivity index (χ4n) is 2.61. The van der Waals surface area contributed by atoms with Gasteiger partial charge in [0.15, 0.2) is 5.57 Å². The number of carbonyl (C=O) groups is 1. The zero-order valence-corrected chi connectivity index (χ0v) is 15.8. The zero-order chi connectivity index (χ0) is 19.9. The fraction of sp³-hybridized carbons (Fsp3) is 0.0455. The average molecular weight is 387 g/mol. The summed E-state index contributed by atoms with van der Waals surface area (Å²) in [6.45, 7) is 3.79. The molecule has 3 aromatic rings. The number of thiazole rings is 1. The molecule has 0 bridgehead atoms. The molecule has 1 N–H and O–H groups in total. The van der Waals surface area contributed by atoms with Crippen molar-refractivity contribution in [1.82, 2.24) is 9.88 Å². The van der Waals surface area contributed by atoms with Crippen LogP contribution in [0.2, 0.25) is 0 Å². The van der Waals surface area contributed by atoms with Crippen LogP contribution in [0.15, 0.2) is 78.1 Å². The highest BCUT2D eigenvalue weighted by atomic mass is 32.1. The highest BCUT2D eigenvalue weighted by Crippen LogP contribution is 2.04. The van der Waals surface area contributed by atoms with Gasteiger partial charge < -0.3 is 5.32 Å². The van der Waals surface area contributed by atoms with Crippen LogP contribution in [0.25, 0.3) is 17.3 Å². The van der Waals surface area contributed by atoms with Crippen LogP contribution in [0.5, 0.6) is 0 Å². The molecule has 6 heteroatoms. The minimum atomic E-state index is -0.542. The lowest BCUT2D eigenvalue weighted by molar-refractivity contribution is -0.115. The van der Waals surface area contributed by atoms with Crippen LogP contribution < -0.4 is 20.1 Å². The van der Waals surface area contributed by atoms with Gasteiger partial charge in [-0.05, 0) is 23.8 Å². The van der Waals surface area contributed by atoms with Crippen LogP contribution in [0.4, 0.5) is 0 Å². The molecule has 0 radical (unpaired) electrons. The molecule has 1 heterocycles. The molecule has 0 aliphatic rings. The molecule has 0 spiro atoms. The van der Waals surface area contributed by atoms with E-state index in [2.05, 4.69) is 11.9 Å². The number of para-hydroxylation sites is 1. The quantitative estimate of drug-likeness (QED) is 0.677. The molecule has 0 saturated carbocycles. The summed E-state index contributed by atoms with van der Waals surface area (Å²) >= 11 is 1.12. The normalized spacial score (nSPS) is 12.2. The second kappa shape index (κ2) is 8.80. The van der Waals surface area contributed by atoms with Crippen LogP contribution in [-0.4, -0.2) is 17.0 Å². The molecule has 0 saturated heterocycles. The van der Waals surface area contributed by atoms with Crippen molar-refractivity contribution in [2.45, 2.75) is 0 Å². The van der Waals surface area contributed by atoms with E-state index in [1.807, 2.05) is 42.5 Å². The van der Waals surface area contributed by atoms with Crippen molar-refractivity contribution in [3.05, 3.63) is 98.4 Å². The first-order valence-corrected chi connectivity index (χ1v) is 9.35. The molecule has 0 aliphatic heterocycles. The molecule has 0 fully saturated rings. The van der Waals surface area contributed by atoms with E-state index >= 15 is 0 Å². The first kappa shape index (κ1) is 19.1. The van der Waals surface area contributed by atoms with Crippen LogP contribution in [0.3, 0.4) is 0 Å². The van der Waals surface area contributed by atoms with Gasteiger partial charge in [0.05, 0.1) is 10.2 Å². The summed E-state index contributed by atoms with van der Waals surface area (Å²) in [5, 5.41) is 12.2. The lowest BCUT2D eigenvalue weighted by atomic mass is 10.2. The molecule has 1 amide bonds. The van der Waals surface area contributed by atoms with E-state index < -0.39 is 5.91 Å². The number of rotatable bonds is 5. The van der Waals surface area contributed by atoms with Gasteiger partial charge in [-0.25, -0.2) is 0 Å². The van der Waals surface area contributed by atoms with E-state index in [4.69, 9.17) is 0 Å². The Morgan fingerprint density at radius 1 is 1.14 bits per heavy atom. The maximum absolute atomic E-state index is 13.1. The summed E-state index contributed by atoms with van der Waals surface area (Å²) in [4.78, 5) is 25.6. The number of amides is 1. The Balaban J connectivity index is 2.34. The van der Waals surface area contributed by atoms with Crippen molar-refractivity contribution in [1.29, 1.82) is 5.26 Å². The Labute approximate surface area is 165 Å². The fourth-order valence-corrected chi connectivity index (χ4v) is 3.71. The molecule has 3 rings (SSSR count). The lowest BCUT2D eigenvalue weighted by Gasteiger charge is -2.04. The van der Waals surface area contributed by atoms with Crippen LogP contribution in [0, 0.1) is 11.3 Å². The zero-order valence-electron chi connectivity index (χ0n) is 15.0. The third-order valence-electron chi connectivity index (χ3n) is 3.90. The maximum atomic E-state index is 13.1. The smallest absolute Gasteiger partial charge is 0.273 e. The number of benzene rings is 2. The van der Waals surface area contributed by atoms with E-state index in [9.17, 15) is 14.9 Å². The Morgan fingerprint density at radius 3 is 2.39 bits per heavy atom. The predicted molar refractivity (Wildman–Crippen MR) is 111 cm³/mol. The van der Waals surface area contributed by atoms with Crippen LogP contribution in [0.1, 0.15) is 5.56 Å². The molecule has 0 aliphatic carbocycles. The maximum Gasteiger partial charge on any atom is 0.273 e. The summed E-state index contributed by atoms with van der Waals surface area (Å²) in [5.74, 6) is -0.542. The summed E-state index contributed by atoms with van der Waals surface area (Å²) < 4.78 is 2.14. The SMILES string of the molecule is C=CCNC(=O)/C(C#N)=c1\s/c(=C\c2ccccc2)c(=O)n1-c1ccccc1. The molecule has 0 atom stereocenters. The standard InChI is InChI=1S/C22H17N3O2S/c1-2-13-24-20(26)18(15-23)22-25(17-11-7-4-8-12-17)21(27)19(28-22)14-16-9-5-3-6-10-16/h2-12,14H,1,13H2,(H,24,26)/b19-14-,22-18-. The summed E-state index contributed by atoms with van der Waals surface area (Å²) in [7, 11) is 0. The van der Waals surface area contributed by atoms with Crippen molar-refractivity contribution < 1.29 is 4.79 Å². The van der Waals surface area contributed by atoms with Gasteiger partial charge in [0.25, 0.3) is 11.5 Å². The summed E-state index contributed by atoms with van der Waals surface area (Å²) in [5.41, 5.74) is 1.07. The molecular weight excluding hydrogens is 370 g/mol. The van der Waals surface area contributed by atoms with Gasteiger partial charge in [-0.2, -0.15) is 5.26 Å². The predicted octanol–water partition coefficient (Wildman–Crippen LogP) is 1.70. The van der Waals surface area contributed by atoms with E-state index in [0.29, 0.717) is 14.9 Å². The van der Waals surface area contributed by atoms with Crippen molar-refractivity contribution in [3.8, 4) is 11.8 Å². The number of aromatic nitrogens is 1. The van der Waals surface area contributed by atoms with Gasteiger partial charge in [-0.15, -0.1) is 17.9 Å². The van der Waals surface area contributed by atoms with Gasteiger partial charge in [0.1, 0.15) is 10.7 Å². The van der Waals surface area contributed by atoms with Gasteiger partial charge >= 0.3 is 0 Å². The molecule has 5 nitrogen and oxygen atoms in total. The number of hydrogen-bond donors (Lipinski definition) is 1. The van der Waals surface area contributed by atoms with Crippen molar-refractivity contribution in [3.63, 3.8) is 0 Å². The molecule has 138 valence electrons. The largest absolute Gasteiger partial charge is 0.348 e. The second-order valence-corrected chi connectivity index (χ2v) is 6.82. The highest BCUT2D eigenvalue weighted by Gasteiger charge is 2.16. The Kier molecular flexibility index (Phi) is 6.00. The molecule has 2 aromatic carbocycles. The lowest BCUT2D eigenvalue weighted by Crippen LogP contribution is -2.33. The van der Waals surface area contributed by atoms with Gasteiger partial charge in [0, 0.05) is 6.54 Å². The Hall–Kier alpha value is -3.69. The minimum Gasteiger partial charge on any atom is -0.348 e. The third kappa shape index (κ3) is 4.00. The first-order chi connectivity index (χ1) is 13.7. The van der Waals surface area contributed by atoms with E-state index in [0.717, 1.165) is 16.9 Å². The Bertz CT molecular complexity index is 1220. The Morgan fingerprint density at radius 2 is 1.79 bits per heavy atom. The third-order valence-corrected chi connectivity index (χ3v) is 4.99. The number of hydrogen-bond acceptors (Lipinski definition) is 4. The number of carbonyl (C=O) groups excluding carboxylic acids is 1. The molecule has 0 unspecified atom stereocenters. The van der Waals surface area contributed by atoms with E-state index in [1.165, 1.54) is 10.6 Å². The van der Waals surface area contributed by atoms with E-state index in [1.54, 1.807) is 30.3 Å². The minimum absolute atomic E-state index is 0.111. The van der Waals surface area contributed by atoms with Gasteiger partial charge in [-0.3, -0.25) is 14.2 Å². The van der Waals surface area contributed by atoms with Crippen molar-refractivity contribution in [2.24, 2.45) is 0 Å². The van der Waals surface area contributed by atoms with Crippen LogP contribution in [-0.2, 0) is 4.79 Å². The first-order valence-electron chi connectivity index (χ1n) is 8.53. The van der Waals surface area contributed by atoms with Gasteiger partial charge in [0.2, 0.25) is 0 Å². The molecule has 1 aromatic heterocycles. The number of nitrogens with zero attached hydrogens (tertiary/aromatic N) is 2. The summed E-state index contributed by atoms with van der Waals surface area (Å²) in [6.07, 6.45) is 3.28. The topological polar surface area (TPSA) is 74.9 Å². The number of nitriles is 1. The van der Waals surface area contributed by atoms with Crippen LogP contribution >= 0.6 is 11.3 Å². The van der Waals surface area contributed by atoms with Crippen molar-refractivity contribution in [2.75, 3.05) is 6.54 Å². The second-order valence-electron chi connectivity index (χ2n) is 5.79. The van der Waals surface area contributed by atoms with E-state index in [-0.39, 0.29) is 17.7 Å². The van der Waals surface area contributed by atoms with Crippen molar-refractivity contribution >= 4 is 28.9 Å².